The lowest BCUT2D eigenvalue weighted by Gasteiger charge is -2.38. The fourth-order valence-electron chi connectivity index (χ4n) is 3.50. The van der Waals surface area contributed by atoms with E-state index in [1.54, 1.807) is 0 Å². The Hall–Kier alpha value is -2.98. The number of hydrogen-bond donors (Lipinski definition) is 1. The lowest BCUT2D eigenvalue weighted by molar-refractivity contribution is -0.0328. The number of rotatable bonds is 2. The fraction of sp³-hybridized carbons (Fsp3) is 0.143. The van der Waals surface area contributed by atoms with Crippen molar-refractivity contribution in [3.8, 4) is 5.75 Å². The minimum Gasteiger partial charge on any atom is -0.469 e. The molecule has 0 bridgehead atoms. The Morgan fingerprint density at radius 2 is 1.72 bits per heavy atom. The molecule has 1 N–H and O–H groups in total. The third kappa shape index (κ3) is 2.34. The third-order valence-electron chi connectivity index (χ3n) is 4.69. The van der Waals surface area contributed by atoms with Gasteiger partial charge in [-0.25, -0.2) is 0 Å². The van der Waals surface area contributed by atoms with Gasteiger partial charge in [-0.05, 0) is 31.2 Å². The fourth-order valence-corrected chi connectivity index (χ4v) is 3.50. The molecule has 3 heterocycles. The number of para-hydroxylation sites is 1. The van der Waals surface area contributed by atoms with Crippen LogP contribution in [0.4, 0.5) is 0 Å². The van der Waals surface area contributed by atoms with Crippen LogP contribution in [0.15, 0.2) is 77.2 Å². The van der Waals surface area contributed by atoms with E-state index in [4.69, 9.17) is 9.15 Å². The zero-order valence-corrected chi connectivity index (χ0v) is 13.8. The van der Waals surface area contributed by atoms with E-state index in [-0.39, 0.29) is 12.3 Å². The Bertz CT molecular complexity index is 945. The Morgan fingerprint density at radius 3 is 2.52 bits per heavy atom. The van der Waals surface area contributed by atoms with Crippen LogP contribution in [0.1, 0.15) is 34.9 Å². The molecule has 124 valence electrons. The van der Waals surface area contributed by atoms with E-state index in [0.717, 1.165) is 34.1 Å². The molecular formula is C21H18N2O2. The normalized spacial score (nSPS) is 21.7. The smallest absolute Gasteiger partial charge is 0.195 e. The molecule has 0 fully saturated rings. The van der Waals surface area contributed by atoms with Crippen LogP contribution in [-0.4, -0.2) is 5.01 Å². The van der Waals surface area contributed by atoms with Gasteiger partial charge in [-0.15, -0.1) is 0 Å². The maximum absolute atomic E-state index is 6.32. The van der Waals surface area contributed by atoms with Crippen LogP contribution >= 0.6 is 0 Å². The van der Waals surface area contributed by atoms with Gasteiger partial charge in [0.05, 0.1) is 11.7 Å². The number of benzene rings is 2. The summed E-state index contributed by atoms with van der Waals surface area (Å²) in [6.07, 6.45) is 2.00. The van der Waals surface area contributed by atoms with E-state index in [0.29, 0.717) is 0 Å². The SMILES string of the molecule is Cc1ccc(C2=C[C@@H]3c4ccccc4O[C@@H](c4ccccc4)N3N2)o1. The van der Waals surface area contributed by atoms with Gasteiger partial charge < -0.3 is 14.6 Å². The lowest BCUT2D eigenvalue weighted by atomic mass is 10.0. The Morgan fingerprint density at radius 1 is 0.920 bits per heavy atom. The summed E-state index contributed by atoms with van der Waals surface area (Å²) in [5.41, 5.74) is 6.72. The molecular weight excluding hydrogens is 312 g/mol. The Kier molecular flexibility index (Phi) is 3.18. The number of nitrogens with one attached hydrogen (secondary N) is 1. The molecule has 0 saturated carbocycles. The summed E-state index contributed by atoms with van der Waals surface area (Å²) >= 11 is 0. The summed E-state index contributed by atoms with van der Waals surface area (Å²) in [7, 11) is 0. The van der Waals surface area contributed by atoms with E-state index in [9.17, 15) is 0 Å². The molecule has 0 spiro atoms. The standard InChI is InChI=1S/C21H18N2O2/c1-14-11-12-20(24-14)17-13-18-16-9-5-6-10-19(16)25-21(23(18)22-17)15-7-3-2-4-8-15/h2-13,18,21-22H,1H3/t18-,21+/m1/s1. The second-order valence-corrected chi connectivity index (χ2v) is 6.37. The van der Waals surface area contributed by atoms with Crippen LogP contribution in [0.25, 0.3) is 5.70 Å². The van der Waals surface area contributed by atoms with Gasteiger partial charge >= 0.3 is 0 Å². The van der Waals surface area contributed by atoms with Gasteiger partial charge in [0, 0.05) is 11.1 Å². The van der Waals surface area contributed by atoms with Gasteiger partial charge in [-0.3, -0.25) is 0 Å². The first-order chi connectivity index (χ1) is 12.3. The minimum atomic E-state index is -0.203. The number of aryl methyl sites for hydroxylation is 1. The Balaban J connectivity index is 1.60. The van der Waals surface area contributed by atoms with Gasteiger partial charge in [0.25, 0.3) is 0 Å². The highest BCUT2D eigenvalue weighted by Crippen LogP contribution is 2.45. The summed E-state index contributed by atoms with van der Waals surface area (Å²) in [6.45, 7) is 1.96. The molecule has 2 aliphatic rings. The molecule has 2 aliphatic heterocycles. The first kappa shape index (κ1) is 14.4. The molecule has 5 rings (SSSR count). The zero-order chi connectivity index (χ0) is 16.8. The van der Waals surface area contributed by atoms with Crippen molar-refractivity contribution in [1.82, 2.24) is 10.4 Å². The maximum Gasteiger partial charge on any atom is 0.195 e. The second-order valence-electron chi connectivity index (χ2n) is 6.37. The van der Waals surface area contributed by atoms with Crippen LogP contribution in [0.5, 0.6) is 5.75 Å². The van der Waals surface area contributed by atoms with E-state index >= 15 is 0 Å². The molecule has 4 nitrogen and oxygen atoms in total. The van der Waals surface area contributed by atoms with Crippen LogP contribution < -0.4 is 10.2 Å². The van der Waals surface area contributed by atoms with Crippen molar-refractivity contribution < 1.29 is 9.15 Å². The van der Waals surface area contributed by atoms with Crippen LogP contribution in [0, 0.1) is 6.92 Å². The van der Waals surface area contributed by atoms with Crippen molar-refractivity contribution in [2.24, 2.45) is 0 Å². The maximum atomic E-state index is 6.32. The molecule has 2 aromatic carbocycles. The number of hydrogen-bond acceptors (Lipinski definition) is 4. The molecule has 0 unspecified atom stereocenters. The van der Waals surface area contributed by atoms with E-state index < -0.39 is 0 Å². The molecule has 25 heavy (non-hydrogen) atoms. The van der Waals surface area contributed by atoms with Crippen molar-refractivity contribution in [3.05, 3.63) is 95.5 Å². The number of fused-ring (bicyclic) bond motifs is 3. The molecule has 3 aromatic rings. The molecule has 0 aliphatic carbocycles. The highest BCUT2D eigenvalue weighted by Gasteiger charge is 2.40. The largest absolute Gasteiger partial charge is 0.469 e. The second kappa shape index (κ2) is 5.53. The average Bonchev–Trinajstić information content (AvgIpc) is 3.28. The number of hydrazine groups is 1. The number of nitrogens with zero attached hydrogens (tertiary/aromatic N) is 1. The molecule has 4 heteroatoms. The topological polar surface area (TPSA) is 37.6 Å². The summed E-state index contributed by atoms with van der Waals surface area (Å²) in [4.78, 5) is 0. The first-order valence-electron chi connectivity index (χ1n) is 8.44. The third-order valence-corrected chi connectivity index (χ3v) is 4.69. The molecule has 0 radical (unpaired) electrons. The van der Waals surface area contributed by atoms with Gasteiger partial charge in [0.2, 0.25) is 0 Å². The predicted octanol–water partition coefficient (Wildman–Crippen LogP) is 4.58. The van der Waals surface area contributed by atoms with Crippen molar-refractivity contribution >= 4 is 5.70 Å². The van der Waals surface area contributed by atoms with E-state index in [1.165, 1.54) is 0 Å². The van der Waals surface area contributed by atoms with Gasteiger partial charge in [-0.2, -0.15) is 5.01 Å². The summed E-state index contributed by atoms with van der Waals surface area (Å²) in [5.74, 6) is 2.67. The summed E-state index contributed by atoms with van der Waals surface area (Å²) < 4.78 is 12.1. The van der Waals surface area contributed by atoms with Gasteiger partial charge in [-0.1, -0.05) is 48.5 Å². The molecule has 2 atom stereocenters. The predicted molar refractivity (Wildman–Crippen MR) is 95.4 cm³/mol. The van der Waals surface area contributed by atoms with Crippen LogP contribution in [0.3, 0.4) is 0 Å². The van der Waals surface area contributed by atoms with E-state index in [1.807, 2.05) is 55.5 Å². The first-order valence-corrected chi connectivity index (χ1v) is 8.44. The highest BCUT2D eigenvalue weighted by molar-refractivity contribution is 5.64. The average molecular weight is 330 g/mol. The summed E-state index contributed by atoms with van der Waals surface area (Å²) in [6, 6.07) is 22.5. The molecule has 0 saturated heterocycles. The lowest BCUT2D eigenvalue weighted by Crippen LogP contribution is -2.43. The monoisotopic (exact) mass is 330 g/mol. The minimum absolute atomic E-state index is 0.0931. The van der Waals surface area contributed by atoms with Crippen molar-refractivity contribution in [2.45, 2.75) is 19.2 Å². The quantitative estimate of drug-likeness (QED) is 0.746. The Labute approximate surface area is 146 Å². The van der Waals surface area contributed by atoms with Crippen molar-refractivity contribution in [2.75, 3.05) is 0 Å². The van der Waals surface area contributed by atoms with E-state index in [2.05, 4.69) is 34.7 Å². The van der Waals surface area contributed by atoms with Crippen molar-refractivity contribution in [3.63, 3.8) is 0 Å². The van der Waals surface area contributed by atoms with Gasteiger partial charge in [0.1, 0.15) is 11.5 Å². The number of furan rings is 1. The van der Waals surface area contributed by atoms with Gasteiger partial charge in [0.15, 0.2) is 12.0 Å². The van der Waals surface area contributed by atoms with Crippen LogP contribution in [-0.2, 0) is 0 Å². The number of ether oxygens (including phenoxy) is 1. The summed E-state index contributed by atoms with van der Waals surface area (Å²) in [5, 5.41) is 2.14. The molecule has 1 aromatic heterocycles. The highest BCUT2D eigenvalue weighted by atomic mass is 16.5. The van der Waals surface area contributed by atoms with Crippen LogP contribution in [0.2, 0.25) is 0 Å². The zero-order valence-electron chi connectivity index (χ0n) is 13.8. The van der Waals surface area contributed by atoms with Crippen molar-refractivity contribution in [1.29, 1.82) is 0 Å². The molecule has 0 amide bonds.